The molecule has 0 atom stereocenters. The fourth-order valence-electron chi connectivity index (χ4n) is 1.16. The number of rotatable bonds is 4. The van der Waals surface area contributed by atoms with E-state index < -0.39 is 10.0 Å². The molecule has 0 aliphatic rings. The Morgan fingerprint density at radius 1 is 1.56 bits per heavy atom. The Bertz CT molecular complexity index is 557. The molecule has 0 saturated carbocycles. The van der Waals surface area contributed by atoms with Crippen LogP contribution in [0, 0.1) is 0 Å². The molecule has 0 unspecified atom stereocenters. The van der Waals surface area contributed by atoms with E-state index in [4.69, 9.17) is 0 Å². The molecule has 2 aromatic heterocycles. The van der Waals surface area contributed by atoms with Crippen LogP contribution in [0.15, 0.2) is 30.1 Å². The average Bonchev–Trinajstić information content (AvgIpc) is 2.85. The SMILES string of the molecule is Cn1cnc(S(=O)(=O)NCc2cnc[nH]2)c1. The molecule has 2 heterocycles. The van der Waals surface area contributed by atoms with Gasteiger partial charge in [-0.1, -0.05) is 0 Å². The molecule has 0 radical (unpaired) electrons. The van der Waals surface area contributed by atoms with Gasteiger partial charge in [-0.2, -0.15) is 0 Å². The Balaban J connectivity index is 2.09. The molecule has 0 aliphatic heterocycles. The van der Waals surface area contributed by atoms with Gasteiger partial charge in [0.25, 0.3) is 10.0 Å². The number of imidazole rings is 2. The summed E-state index contributed by atoms with van der Waals surface area (Å²) in [6, 6.07) is 0. The van der Waals surface area contributed by atoms with Crippen molar-refractivity contribution in [2.75, 3.05) is 0 Å². The summed E-state index contributed by atoms with van der Waals surface area (Å²) >= 11 is 0. The van der Waals surface area contributed by atoms with Gasteiger partial charge < -0.3 is 9.55 Å². The Morgan fingerprint density at radius 3 is 2.94 bits per heavy atom. The number of sulfonamides is 1. The highest BCUT2D eigenvalue weighted by molar-refractivity contribution is 7.89. The van der Waals surface area contributed by atoms with Gasteiger partial charge in [0.15, 0.2) is 5.03 Å². The van der Waals surface area contributed by atoms with E-state index in [-0.39, 0.29) is 11.6 Å². The molecule has 86 valence electrons. The number of hydrogen-bond acceptors (Lipinski definition) is 4. The monoisotopic (exact) mass is 241 g/mol. The second-order valence-electron chi connectivity index (χ2n) is 3.28. The van der Waals surface area contributed by atoms with E-state index in [9.17, 15) is 8.42 Å². The van der Waals surface area contributed by atoms with Crippen molar-refractivity contribution in [3.8, 4) is 0 Å². The molecule has 16 heavy (non-hydrogen) atoms. The van der Waals surface area contributed by atoms with Gasteiger partial charge in [0, 0.05) is 25.1 Å². The number of nitrogens with one attached hydrogen (secondary N) is 2. The lowest BCUT2D eigenvalue weighted by molar-refractivity contribution is 0.577. The zero-order chi connectivity index (χ0) is 11.6. The number of aromatic amines is 1. The Morgan fingerprint density at radius 2 is 2.38 bits per heavy atom. The highest BCUT2D eigenvalue weighted by atomic mass is 32.2. The summed E-state index contributed by atoms with van der Waals surface area (Å²) in [6.45, 7) is 0.166. The molecule has 2 rings (SSSR count). The van der Waals surface area contributed by atoms with Gasteiger partial charge in [0.1, 0.15) is 0 Å². The standard InChI is InChI=1S/C8H11N5O2S/c1-13-4-8(11-6-13)16(14,15)12-3-7-2-9-5-10-7/h2,4-6,12H,3H2,1H3,(H,9,10). The van der Waals surface area contributed by atoms with Gasteiger partial charge in [-0.05, 0) is 0 Å². The molecule has 2 N–H and O–H groups in total. The topological polar surface area (TPSA) is 92.7 Å². The molecular weight excluding hydrogens is 230 g/mol. The van der Waals surface area contributed by atoms with Crippen LogP contribution in [0.3, 0.4) is 0 Å². The lowest BCUT2D eigenvalue weighted by Gasteiger charge is -2.01. The molecule has 0 saturated heterocycles. The molecule has 0 aliphatic carbocycles. The lowest BCUT2D eigenvalue weighted by atomic mass is 10.5. The number of aromatic nitrogens is 4. The summed E-state index contributed by atoms with van der Waals surface area (Å²) < 4.78 is 27.4. The van der Waals surface area contributed by atoms with Crippen LogP contribution in [0.25, 0.3) is 0 Å². The second kappa shape index (κ2) is 4.06. The molecule has 7 nitrogen and oxygen atoms in total. The van der Waals surface area contributed by atoms with Crippen LogP contribution in [0.4, 0.5) is 0 Å². The fraction of sp³-hybridized carbons (Fsp3) is 0.250. The quantitative estimate of drug-likeness (QED) is 0.763. The van der Waals surface area contributed by atoms with Crippen LogP contribution >= 0.6 is 0 Å². The van der Waals surface area contributed by atoms with Crippen molar-refractivity contribution in [3.63, 3.8) is 0 Å². The van der Waals surface area contributed by atoms with E-state index in [2.05, 4.69) is 19.7 Å². The Labute approximate surface area is 92.6 Å². The number of H-pyrrole nitrogens is 1. The summed E-state index contributed by atoms with van der Waals surface area (Å²) in [7, 11) is -1.84. The highest BCUT2D eigenvalue weighted by Crippen LogP contribution is 2.04. The van der Waals surface area contributed by atoms with Crippen LogP contribution in [-0.2, 0) is 23.6 Å². The molecule has 2 aromatic rings. The van der Waals surface area contributed by atoms with E-state index in [1.807, 2.05) is 0 Å². The number of aryl methyl sites for hydroxylation is 1. The van der Waals surface area contributed by atoms with E-state index in [1.54, 1.807) is 17.8 Å². The van der Waals surface area contributed by atoms with Crippen molar-refractivity contribution >= 4 is 10.0 Å². The molecule has 0 bridgehead atoms. The van der Waals surface area contributed by atoms with Crippen LogP contribution in [0.5, 0.6) is 0 Å². The molecule has 8 heteroatoms. The van der Waals surface area contributed by atoms with Gasteiger partial charge >= 0.3 is 0 Å². The molecular formula is C8H11N5O2S. The third-order valence-corrected chi connectivity index (χ3v) is 3.25. The first-order valence-corrected chi connectivity index (χ1v) is 6.01. The number of hydrogen-bond donors (Lipinski definition) is 2. The van der Waals surface area contributed by atoms with Gasteiger partial charge in [-0.25, -0.2) is 23.1 Å². The summed E-state index contributed by atoms with van der Waals surface area (Å²) in [6.07, 6.45) is 5.92. The summed E-state index contributed by atoms with van der Waals surface area (Å²) in [5.41, 5.74) is 0.694. The van der Waals surface area contributed by atoms with Gasteiger partial charge in [-0.15, -0.1) is 0 Å². The van der Waals surface area contributed by atoms with Crippen LogP contribution < -0.4 is 4.72 Å². The van der Waals surface area contributed by atoms with Crippen LogP contribution in [-0.4, -0.2) is 27.9 Å². The Kier molecular flexibility index (Phi) is 2.75. The smallest absolute Gasteiger partial charge is 0.259 e. The number of nitrogens with zero attached hydrogens (tertiary/aromatic N) is 3. The van der Waals surface area contributed by atoms with Crippen LogP contribution in [0.1, 0.15) is 5.69 Å². The van der Waals surface area contributed by atoms with Crippen molar-refractivity contribution in [1.29, 1.82) is 0 Å². The summed E-state index contributed by atoms with van der Waals surface area (Å²) in [5.74, 6) is 0. The van der Waals surface area contributed by atoms with Crippen molar-refractivity contribution in [1.82, 2.24) is 24.2 Å². The zero-order valence-corrected chi connectivity index (χ0v) is 9.40. The Hall–Kier alpha value is -1.67. The lowest BCUT2D eigenvalue weighted by Crippen LogP contribution is -2.23. The minimum Gasteiger partial charge on any atom is -0.347 e. The predicted molar refractivity (Wildman–Crippen MR) is 55.8 cm³/mol. The van der Waals surface area contributed by atoms with E-state index in [1.165, 1.54) is 18.9 Å². The molecule has 0 aromatic carbocycles. The first-order valence-electron chi connectivity index (χ1n) is 4.53. The maximum atomic E-state index is 11.7. The maximum absolute atomic E-state index is 11.7. The van der Waals surface area contributed by atoms with Crippen molar-refractivity contribution < 1.29 is 8.42 Å². The first-order chi connectivity index (χ1) is 7.58. The fourth-order valence-corrected chi connectivity index (χ4v) is 2.14. The predicted octanol–water partition coefficient (Wildman–Crippen LogP) is -0.378. The zero-order valence-electron chi connectivity index (χ0n) is 8.58. The molecule has 0 fully saturated rings. The second-order valence-corrected chi connectivity index (χ2v) is 4.99. The molecule has 0 spiro atoms. The van der Waals surface area contributed by atoms with E-state index in [0.29, 0.717) is 5.69 Å². The minimum atomic E-state index is -3.55. The third kappa shape index (κ3) is 2.28. The molecule has 0 amide bonds. The highest BCUT2D eigenvalue weighted by Gasteiger charge is 2.16. The van der Waals surface area contributed by atoms with Crippen molar-refractivity contribution in [2.45, 2.75) is 11.6 Å². The van der Waals surface area contributed by atoms with Gasteiger partial charge in [-0.3, -0.25) is 0 Å². The van der Waals surface area contributed by atoms with Crippen molar-refractivity contribution in [2.24, 2.45) is 7.05 Å². The van der Waals surface area contributed by atoms with Gasteiger partial charge in [0.2, 0.25) is 0 Å². The first kappa shape index (κ1) is 10.8. The summed E-state index contributed by atoms with van der Waals surface area (Å²) in [5, 5.41) is 0.00881. The summed E-state index contributed by atoms with van der Waals surface area (Å²) in [4.78, 5) is 10.4. The van der Waals surface area contributed by atoms with Crippen molar-refractivity contribution in [3.05, 3.63) is 30.7 Å². The van der Waals surface area contributed by atoms with E-state index >= 15 is 0 Å². The normalized spacial score (nSPS) is 11.8. The maximum Gasteiger partial charge on any atom is 0.259 e. The third-order valence-electron chi connectivity index (χ3n) is 1.96. The van der Waals surface area contributed by atoms with E-state index in [0.717, 1.165) is 0 Å². The average molecular weight is 241 g/mol. The minimum absolute atomic E-state index is 0.00881. The van der Waals surface area contributed by atoms with Gasteiger partial charge in [0.05, 0.1) is 19.2 Å². The largest absolute Gasteiger partial charge is 0.347 e. The van der Waals surface area contributed by atoms with Crippen LogP contribution in [0.2, 0.25) is 0 Å².